The number of ketones is 1. The summed E-state index contributed by atoms with van der Waals surface area (Å²) < 4.78 is 0. The van der Waals surface area contributed by atoms with Gasteiger partial charge >= 0.3 is 0 Å². The summed E-state index contributed by atoms with van der Waals surface area (Å²) in [5, 5.41) is 3.34. The van der Waals surface area contributed by atoms with Crippen molar-refractivity contribution in [3.05, 3.63) is 112 Å². The smallest absolute Gasteiger partial charge is 0.193 e. The molecular weight excluding hydrogens is 382 g/mol. The Balaban J connectivity index is 2.15. The second-order valence-corrected chi connectivity index (χ2v) is 7.82. The number of hydrogen-bond donors (Lipinski definition) is 1. The number of carbonyl (C=O) groups is 2. The number of nitrogens with one attached hydrogen (secondary N) is 1. The molecule has 1 heterocycles. The summed E-state index contributed by atoms with van der Waals surface area (Å²) in [5.74, 6) is -0.0762. The van der Waals surface area contributed by atoms with Crippen LogP contribution in [0.25, 0.3) is 16.8 Å². The summed E-state index contributed by atoms with van der Waals surface area (Å²) in [6.07, 6.45) is 7.72. The Morgan fingerprint density at radius 3 is 2.26 bits per heavy atom. The molecule has 3 nitrogen and oxygen atoms in total. The highest BCUT2D eigenvalue weighted by Gasteiger charge is 2.27. The first-order chi connectivity index (χ1) is 15.0. The van der Waals surface area contributed by atoms with Crippen molar-refractivity contribution in [3.63, 3.8) is 0 Å². The highest BCUT2D eigenvalue weighted by Crippen LogP contribution is 2.40. The zero-order valence-electron chi connectivity index (χ0n) is 18.0. The van der Waals surface area contributed by atoms with E-state index in [1.165, 1.54) is 0 Å². The Morgan fingerprint density at radius 2 is 1.61 bits per heavy atom. The molecule has 0 saturated heterocycles. The molecule has 31 heavy (non-hydrogen) atoms. The molecule has 3 heteroatoms. The van der Waals surface area contributed by atoms with Gasteiger partial charge in [0.05, 0.1) is 0 Å². The third kappa shape index (κ3) is 3.64. The van der Waals surface area contributed by atoms with E-state index in [1.807, 2.05) is 68.6 Å². The zero-order valence-corrected chi connectivity index (χ0v) is 18.0. The van der Waals surface area contributed by atoms with Crippen molar-refractivity contribution in [1.82, 2.24) is 5.32 Å². The van der Waals surface area contributed by atoms with E-state index in [9.17, 15) is 9.59 Å². The average Bonchev–Trinajstić information content (AvgIpc) is 2.80. The monoisotopic (exact) mass is 407 g/mol. The van der Waals surface area contributed by atoms with Gasteiger partial charge in [-0.05, 0) is 55.6 Å². The quantitative estimate of drug-likeness (QED) is 0.406. The predicted octanol–water partition coefficient (Wildman–Crippen LogP) is 6.17. The Hall–Kier alpha value is -3.72. The van der Waals surface area contributed by atoms with E-state index in [1.54, 1.807) is 0 Å². The van der Waals surface area contributed by atoms with Crippen LogP contribution in [0.3, 0.4) is 0 Å². The van der Waals surface area contributed by atoms with E-state index in [2.05, 4.69) is 30.4 Å². The molecule has 0 radical (unpaired) electrons. The number of benzene rings is 3. The van der Waals surface area contributed by atoms with Crippen LogP contribution in [0.4, 0.5) is 0 Å². The number of rotatable bonds is 5. The molecule has 0 bridgehead atoms. The molecule has 0 fully saturated rings. The fourth-order valence-electron chi connectivity index (χ4n) is 4.34. The summed E-state index contributed by atoms with van der Waals surface area (Å²) in [6.45, 7) is 5.89. The molecule has 0 saturated carbocycles. The molecule has 0 atom stereocenters. The highest BCUT2D eigenvalue weighted by molar-refractivity contribution is 6.16. The van der Waals surface area contributed by atoms with Gasteiger partial charge in [-0.25, -0.2) is 0 Å². The van der Waals surface area contributed by atoms with E-state index >= 15 is 0 Å². The molecule has 1 aliphatic rings. The molecule has 1 aliphatic heterocycles. The van der Waals surface area contributed by atoms with Crippen LogP contribution in [0, 0.1) is 20.8 Å². The average molecular weight is 408 g/mol. The Bertz CT molecular complexity index is 1230. The first-order valence-corrected chi connectivity index (χ1v) is 10.4. The van der Waals surface area contributed by atoms with Crippen molar-refractivity contribution in [3.8, 4) is 11.1 Å². The molecule has 0 unspecified atom stereocenters. The minimum absolute atomic E-state index is 0.0762. The third-order valence-corrected chi connectivity index (χ3v) is 5.94. The van der Waals surface area contributed by atoms with Crippen molar-refractivity contribution in [2.24, 2.45) is 0 Å². The molecule has 4 rings (SSSR count). The number of dihydropyridines is 1. The predicted molar refractivity (Wildman–Crippen MR) is 126 cm³/mol. The van der Waals surface area contributed by atoms with Crippen molar-refractivity contribution >= 4 is 17.8 Å². The fourth-order valence-corrected chi connectivity index (χ4v) is 4.34. The lowest BCUT2D eigenvalue weighted by atomic mass is 9.80. The van der Waals surface area contributed by atoms with Crippen LogP contribution in [-0.2, 0) is 0 Å². The maximum Gasteiger partial charge on any atom is 0.193 e. The maximum atomic E-state index is 13.8. The van der Waals surface area contributed by atoms with Crippen molar-refractivity contribution in [2.75, 3.05) is 0 Å². The number of hydrogen-bond acceptors (Lipinski definition) is 3. The van der Waals surface area contributed by atoms with Crippen LogP contribution >= 0.6 is 0 Å². The maximum absolute atomic E-state index is 13.8. The largest absolute Gasteiger partial charge is 0.362 e. The SMILES string of the molecule is Cc1ccccc1-c1c(C(=O)c2ccccc2)c(C)c(C=O)c(C)c1C1=CCC=CN1. The van der Waals surface area contributed by atoms with Gasteiger partial charge < -0.3 is 5.32 Å². The van der Waals surface area contributed by atoms with Crippen LogP contribution < -0.4 is 5.32 Å². The second-order valence-electron chi connectivity index (χ2n) is 7.82. The summed E-state index contributed by atoms with van der Waals surface area (Å²) in [7, 11) is 0. The summed E-state index contributed by atoms with van der Waals surface area (Å²) >= 11 is 0. The van der Waals surface area contributed by atoms with Crippen molar-refractivity contribution < 1.29 is 9.59 Å². The van der Waals surface area contributed by atoms with Gasteiger partial charge in [0.15, 0.2) is 12.1 Å². The van der Waals surface area contributed by atoms with Crippen LogP contribution in [0.2, 0.25) is 0 Å². The van der Waals surface area contributed by atoms with Gasteiger partial charge in [0, 0.05) is 33.5 Å². The van der Waals surface area contributed by atoms with E-state index in [0.717, 1.165) is 51.8 Å². The molecule has 154 valence electrons. The topological polar surface area (TPSA) is 46.2 Å². The lowest BCUT2D eigenvalue weighted by Crippen LogP contribution is -2.16. The Morgan fingerprint density at radius 1 is 0.903 bits per heavy atom. The first-order valence-electron chi connectivity index (χ1n) is 10.4. The van der Waals surface area contributed by atoms with Gasteiger partial charge in [0.2, 0.25) is 0 Å². The number of carbonyl (C=O) groups excluding carboxylic acids is 2. The lowest BCUT2D eigenvalue weighted by molar-refractivity contribution is 0.103. The van der Waals surface area contributed by atoms with Gasteiger partial charge in [-0.2, -0.15) is 0 Å². The Kier molecular flexibility index (Phi) is 5.68. The van der Waals surface area contributed by atoms with Gasteiger partial charge in [-0.15, -0.1) is 0 Å². The lowest BCUT2D eigenvalue weighted by Gasteiger charge is -2.25. The summed E-state index contributed by atoms with van der Waals surface area (Å²) in [4.78, 5) is 26.0. The minimum atomic E-state index is -0.0762. The first kappa shape index (κ1) is 20.5. The molecule has 3 aromatic carbocycles. The second kappa shape index (κ2) is 8.57. The van der Waals surface area contributed by atoms with Gasteiger partial charge in [0.25, 0.3) is 0 Å². The molecule has 1 N–H and O–H groups in total. The minimum Gasteiger partial charge on any atom is -0.362 e. The summed E-state index contributed by atoms with van der Waals surface area (Å²) in [5.41, 5.74) is 8.14. The van der Waals surface area contributed by atoms with E-state index in [4.69, 9.17) is 0 Å². The molecule has 3 aromatic rings. The fraction of sp³-hybridized carbons (Fsp3) is 0.143. The van der Waals surface area contributed by atoms with Gasteiger partial charge in [-0.1, -0.05) is 66.7 Å². The molecule has 0 amide bonds. The van der Waals surface area contributed by atoms with E-state index in [-0.39, 0.29) is 5.78 Å². The Labute approximate surface area is 183 Å². The standard InChI is InChI=1S/C28H25NO2/c1-18-11-7-8-14-22(18)27-25(24-15-9-10-16-29-24)19(2)23(17-30)20(3)26(27)28(31)21-12-5-4-6-13-21/h4-8,10-17,29H,9H2,1-3H3. The van der Waals surface area contributed by atoms with E-state index in [0.29, 0.717) is 16.7 Å². The van der Waals surface area contributed by atoms with Gasteiger partial charge in [0.1, 0.15) is 0 Å². The van der Waals surface area contributed by atoms with Crippen LogP contribution in [0.15, 0.2) is 72.9 Å². The van der Waals surface area contributed by atoms with Crippen molar-refractivity contribution in [1.29, 1.82) is 0 Å². The number of aldehydes is 1. The van der Waals surface area contributed by atoms with Crippen LogP contribution in [0.5, 0.6) is 0 Å². The summed E-state index contributed by atoms with van der Waals surface area (Å²) in [6, 6.07) is 17.4. The van der Waals surface area contributed by atoms with Crippen LogP contribution in [-0.4, -0.2) is 12.1 Å². The molecule has 0 spiro atoms. The molecule has 0 aromatic heterocycles. The number of aryl methyl sites for hydroxylation is 1. The molecular formula is C28H25NO2. The van der Waals surface area contributed by atoms with E-state index < -0.39 is 0 Å². The van der Waals surface area contributed by atoms with Crippen LogP contribution in [0.1, 0.15) is 55.0 Å². The zero-order chi connectivity index (χ0) is 22.0. The normalized spacial score (nSPS) is 12.8. The van der Waals surface area contributed by atoms with Gasteiger partial charge in [-0.3, -0.25) is 9.59 Å². The number of allylic oxidation sites excluding steroid dienone is 2. The van der Waals surface area contributed by atoms with Crippen molar-refractivity contribution in [2.45, 2.75) is 27.2 Å². The highest BCUT2D eigenvalue weighted by atomic mass is 16.1. The third-order valence-electron chi connectivity index (χ3n) is 5.94. The molecule has 0 aliphatic carbocycles.